The molecule has 0 heterocycles. The van der Waals surface area contributed by atoms with Crippen LogP contribution in [0.3, 0.4) is 0 Å². The summed E-state index contributed by atoms with van der Waals surface area (Å²) in [5.41, 5.74) is 9.26. The van der Waals surface area contributed by atoms with Crippen molar-refractivity contribution in [2.45, 2.75) is 26.3 Å². The van der Waals surface area contributed by atoms with Gasteiger partial charge in [0.15, 0.2) is 0 Å². The Bertz CT molecular complexity index is 339. The second-order valence-electron chi connectivity index (χ2n) is 4.12. The highest BCUT2D eigenvalue weighted by Crippen LogP contribution is 2.26. The monoisotopic (exact) mass is 238 g/mol. The van der Waals surface area contributed by atoms with Gasteiger partial charge in [-0.3, -0.25) is 0 Å². The largest absolute Gasteiger partial charge is 0.398 e. The molecule has 1 aromatic rings. The fraction of sp³-hybridized carbons (Fsp3) is 0.538. The van der Waals surface area contributed by atoms with Gasteiger partial charge in [-0.05, 0) is 37.3 Å². The summed E-state index contributed by atoms with van der Waals surface area (Å²) in [6.07, 6.45) is 3.31. The zero-order chi connectivity index (χ0) is 12.1. The molecule has 2 nitrogen and oxygen atoms in total. The van der Waals surface area contributed by atoms with E-state index in [-0.39, 0.29) is 0 Å². The van der Waals surface area contributed by atoms with E-state index in [9.17, 15) is 0 Å². The fourth-order valence-electron chi connectivity index (χ4n) is 1.92. The zero-order valence-electron chi connectivity index (χ0n) is 10.7. The third kappa shape index (κ3) is 2.85. The third-order valence-corrected chi connectivity index (χ3v) is 3.82. The molecule has 2 N–H and O–H groups in total. The molecular weight excluding hydrogens is 216 g/mol. The van der Waals surface area contributed by atoms with Crippen molar-refractivity contribution in [2.24, 2.45) is 0 Å². The lowest BCUT2D eigenvalue weighted by molar-refractivity contribution is 0.672. The van der Waals surface area contributed by atoms with Gasteiger partial charge in [-0.15, -0.1) is 0 Å². The number of thioether (sulfide) groups is 1. The Kier molecular flexibility index (Phi) is 5.00. The molecule has 0 saturated carbocycles. The van der Waals surface area contributed by atoms with Gasteiger partial charge in [0.2, 0.25) is 0 Å². The van der Waals surface area contributed by atoms with Crippen LogP contribution in [-0.2, 0) is 0 Å². The summed E-state index contributed by atoms with van der Waals surface area (Å²) in [5, 5.41) is 0. The highest BCUT2D eigenvalue weighted by Gasteiger charge is 2.14. The summed E-state index contributed by atoms with van der Waals surface area (Å²) in [6.45, 7) is 4.33. The number of nitrogens with zero attached hydrogens (tertiary/aromatic N) is 1. The number of nitrogens with two attached hydrogens (primary N) is 1. The fourth-order valence-corrected chi connectivity index (χ4v) is 2.76. The van der Waals surface area contributed by atoms with Crippen LogP contribution in [0.25, 0.3) is 0 Å². The molecule has 1 atom stereocenters. The van der Waals surface area contributed by atoms with E-state index in [0.717, 1.165) is 17.9 Å². The van der Waals surface area contributed by atoms with Crippen molar-refractivity contribution in [3.63, 3.8) is 0 Å². The van der Waals surface area contributed by atoms with E-state index in [0.29, 0.717) is 6.04 Å². The molecule has 0 amide bonds. The lowest BCUT2D eigenvalue weighted by atomic mass is 10.1. The van der Waals surface area contributed by atoms with Crippen LogP contribution < -0.4 is 10.6 Å². The van der Waals surface area contributed by atoms with E-state index in [1.165, 1.54) is 11.3 Å². The van der Waals surface area contributed by atoms with Crippen LogP contribution in [0.2, 0.25) is 0 Å². The highest BCUT2D eigenvalue weighted by atomic mass is 32.2. The summed E-state index contributed by atoms with van der Waals surface area (Å²) in [6, 6.07) is 6.71. The van der Waals surface area contributed by atoms with Crippen molar-refractivity contribution < 1.29 is 0 Å². The molecule has 0 radical (unpaired) electrons. The van der Waals surface area contributed by atoms with Crippen LogP contribution in [0, 0.1) is 6.92 Å². The first-order valence-electron chi connectivity index (χ1n) is 5.68. The first kappa shape index (κ1) is 13.2. The molecule has 0 aliphatic heterocycles. The van der Waals surface area contributed by atoms with E-state index in [4.69, 9.17) is 5.73 Å². The van der Waals surface area contributed by atoms with Gasteiger partial charge in [-0.1, -0.05) is 13.0 Å². The van der Waals surface area contributed by atoms with Gasteiger partial charge in [0.1, 0.15) is 0 Å². The van der Waals surface area contributed by atoms with Crippen LogP contribution in [0.15, 0.2) is 18.2 Å². The minimum Gasteiger partial charge on any atom is -0.398 e. The van der Waals surface area contributed by atoms with Gasteiger partial charge in [-0.2, -0.15) is 11.8 Å². The van der Waals surface area contributed by atoms with Gasteiger partial charge in [0.25, 0.3) is 0 Å². The van der Waals surface area contributed by atoms with Crippen LogP contribution in [0.5, 0.6) is 0 Å². The van der Waals surface area contributed by atoms with E-state index < -0.39 is 0 Å². The van der Waals surface area contributed by atoms with Crippen LogP contribution in [0.1, 0.15) is 18.9 Å². The molecule has 0 fully saturated rings. The highest BCUT2D eigenvalue weighted by molar-refractivity contribution is 7.98. The first-order valence-corrected chi connectivity index (χ1v) is 7.08. The lowest BCUT2D eigenvalue weighted by Gasteiger charge is -2.30. The number of rotatable bonds is 5. The second-order valence-corrected chi connectivity index (χ2v) is 5.03. The predicted molar refractivity (Wildman–Crippen MR) is 76.5 cm³/mol. The maximum Gasteiger partial charge on any atom is 0.0416 e. The SMILES string of the molecule is CCC(CSC)N(C)c1cccc(N)c1C. The van der Waals surface area contributed by atoms with Crippen molar-refractivity contribution in [2.75, 3.05) is 29.7 Å². The molecule has 0 spiro atoms. The summed E-state index contributed by atoms with van der Waals surface area (Å²) in [5.74, 6) is 1.15. The minimum absolute atomic E-state index is 0.579. The lowest BCUT2D eigenvalue weighted by Crippen LogP contribution is -2.33. The van der Waals surface area contributed by atoms with Gasteiger partial charge >= 0.3 is 0 Å². The Balaban J connectivity index is 2.94. The third-order valence-electron chi connectivity index (χ3n) is 3.11. The van der Waals surface area contributed by atoms with Crippen molar-refractivity contribution in [3.05, 3.63) is 23.8 Å². The number of hydrogen-bond donors (Lipinski definition) is 1. The number of hydrogen-bond acceptors (Lipinski definition) is 3. The van der Waals surface area contributed by atoms with Crippen molar-refractivity contribution >= 4 is 23.1 Å². The summed E-state index contributed by atoms with van der Waals surface area (Å²) >= 11 is 1.89. The Hall–Kier alpha value is -0.830. The Morgan fingerprint density at radius 2 is 2.12 bits per heavy atom. The smallest absolute Gasteiger partial charge is 0.0416 e. The van der Waals surface area contributed by atoms with Gasteiger partial charge in [0, 0.05) is 30.2 Å². The standard InChI is InChI=1S/C13H22N2S/c1-5-11(9-16-4)15(3)13-8-6-7-12(14)10(13)2/h6-8,11H,5,9,14H2,1-4H3. The van der Waals surface area contributed by atoms with Crippen LogP contribution in [-0.4, -0.2) is 25.1 Å². The molecule has 0 aromatic heterocycles. The minimum atomic E-state index is 0.579. The summed E-state index contributed by atoms with van der Waals surface area (Å²) in [4.78, 5) is 2.35. The maximum absolute atomic E-state index is 5.94. The number of anilines is 2. The molecule has 0 aliphatic carbocycles. The molecule has 1 unspecified atom stereocenters. The molecule has 16 heavy (non-hydrogen) atoms. The van der Waals surface area contributed by atoms with E-state index in [1.807, 2.05) is 23.9 Å². The Morgan fingerprint density at radius 3 is 2.69 bits per heavy atom. The molecule has 0 bridgehead atoms. The van der Waals surface area contributed by atoms with Crippen LogP contribution >= 0.6 is 11.8 Å². The molecular formula is C13H22N2S. The van der Waals surface area contributed by atoms with E-state index in [2.05, 4.69) is 38.1 Å². The molecule has 0 aliphatic rings. The zero-order valence-corrected chi connectivity index (χ0v) is 11.5. The van der Waals surface area contributed by atoms with Crippen LogP contribution in [0.4, 0.5) is 11.4 Å². The molecule has 0 saturated heterocycles. The van der Waals surface area contributed by atoms with Gasteiger partial charge in [-0.25, -0.2) is 0 Å². The summed E-state index contributed by atoms with van der Waals surface area (Å²) < 4.78 is 0. The topological polar surface area (TPSA) is 29.3 Å². The molecule has 1 aromatic carbocycles. The molecule has 90 valence electrons. The van der Waals surface area contributed by atoms with Crippen molar-refractivity contribution in [3.8, 4) is 0 Å². The van der Waals surface area contributed by atoms with E-state index >= 15 is 0 Å². The van der Waals surface area contributed by atoms with Crippen molar-refractivity contribution in [1.82, 2.24) is 0 Å². The van der Waals surface area contributed by atoms with Gasteiger partial charge < -0.3 is 10.6 Å². The molecule has 3 heteroatoms. The normalized spacial score (nSPS) is 12.5. The second kappa shape index (κ2) is 6.04. The van der Waals surface area contributed by atoms with Gasteiger partial charge in [0.05, 0.1) is 0 Å². The van der Waals surface area contributed by atoms with E-state index in [1.54, 1.807) is 0 Å². The average Bonchev–Trinajstić information content (AvgIpc) is 2.29. The van der Waals surface area contributed by atoms with Crippen molar-refractivity contribution in [1.29, 1.82) is 0 Å². The first-order chi connectivity index (χ1) is 7.61. The Morgan fingerprint density at radius 1 is 1.44 bits per heavy atom. The predicted octanol–water partition coefficient (Wildman–Crippen LogP) is 3.16. The maximum atomic E-state index is 5.94. The molecule has 1 rings (SSSR count). The number of nitrogen functional groups attached to an aromatic ring is 1. The quantitative estimate of drug-likeness (QED) is 0.799. The number of benzene rings is 1. The average molecular weight is 238 g/mol. The summed E-state index contributed by atoms with van der Waals surface area (Å²) in [7, 11) is 2.16. The Labute approximate surface area is 103 Å².